The van der Waals surface area contributed by atoms with Crippen molar-refractivity contribution in [2.24, 2.45) is 11.7 Å². The van der Waals surface area contributed by atoms with Crippen LogP contribution in [0.25, 0.3) is 0 Å². The van der Waals surface area contributed by atoms with Crippen LogP contribution < -0.4 is 5.73 Å². The molecule has 14 heavy (non-hydrogen) atoms. The number of nitrogens with two attached hydrogens (primary N) is 1. The third kappa shape index (κ3) is 3.66. The highest BCUT2D eigenvalue weighted by molar-refractivity contribution is 5.77. The minimum atomic E-state index is 0.316. The van der Waals surface area contributed by atoms with E-state index >= 15 is 0 Å². The largest absolute Gasteiger partial charge is 0.340 e. The molecule has 0 spiro atoms. The van der Waals surface area contributed by atoms with Crippen LogP contribution in [0.1, 0.15) is 39.5 Å². The fourth-order valence-electron chi connectivity index (χ4n) is 1.63. The van der Waals surface area contributed by atoms with Gasteiger partial charge in [0.1, 0.15) is 0 Å². The summed E-state index contributed by atoms with van der Waals surface area (Å²) < 4.78 is 0. The molecule has 0 saturated heterocycles. The second-order valence-electron chi connectivity index (χ2n) is 4.56. The standard InChI is InChI=1S/C11H22N2O/c1-9(2)8-11(14)13(7-3-6-12)10-4-5-10/h9-10H,3-8,12H2,1-2H3. The molecule has 3 nitrogen and oxygen atoms in total. The molecule has 0 bridgehead atoms. The van der Waals surface area contributed by atoms with Gasteiger partial charge in [-0.1, -0.05) is 13.8 Å². The summed E-state index contributed by atoms with van der Waals surface area (Å²) in [6, 6.07) is 0.535. The van der Waals surface area contributed by atoms with Crippen LogP contribution >= 0.6 is 0 Å². The van der Waals surface area contributed by atoms with Gasteiger partial charge < -0.3 is 10.6 Å². The Balaban J connectivity index is 2.36. The molecule has 1 amide bonds. The van der Waals surface area contributed by atoms with Crippen molar-refractivity contribution in [3.63, 3.8) is 0 Å². The molecule has 1 rings (SSSR count). The van der Waals surface area contributed by atoms with E-state index in [9.17, 15) is 4.79 Å². The predicted octanol–water partition coefficient (Wildman–Crippen LogP) is 1.37. The zero-order valence-corrected chi connectivity index (χ0v) is 9.33. The predicted molar refractivity (Wildman–Crippen MR) is 57.9 cm³/mol. The first-order chi connectivity index (χ1) is 6.65. The minimum Gasteiger partial charge on any atom is -0.340 e. The number of hydrogen-bond acceptors (Lipinski definition) is 2. The quantitative estimate of drug-likeness (QED) is 0.700. The Morgan fingerprint density at radius 2 is 2.14 bits per heavy atom. The first kappa shape index (κ1) is 11.5. The van der Waals surface area contributed by atoms with E-state index < -0.39 is 0 Å². The first-order valence-corrected chi connectivity index (χ1v) is 5.64. The molecule has 0 aromatic carbocycles. The molecular weight excluding hydrogens is 176 g/mol. The number of hydrogen-bond donors (Lipinski definition) is 1. The molecule has 0 aromatic rings. The van der Waals surface area contributed by atoms with E-state index in [4.69, 9.17) is 5.73 Å². The lowest BCUT2D eigenvalue weighted by Gasteiger charge is -2.23. The number of rotatable bonds is 6. The lowest BCUT2D eigenvalue weighted by Crippen LogP contribution is -2.35. The number of carbonyl (C=O) groups excluding carboxylic acids is 1. The lowest BCUT2D eigenvalue weighted by molar-refractivity contribution is -0.132. The van der Waals surface area contributed by atoms with Crippen LogP contribution in [0, 0.1) is 5.92 Å². The van der Waals surface area contributed by atoms with Gasteiger partial charge in [-0.05, 0) is 31.7 Å². The third-order valence-electron chi connectivity index (χ3n) is 2.49. The second kappa shape index (κ2) is 5.35. The van der Waals surface area contributed by atoms with Gasteiger partial charge in [0, 0.05) is 19.0 Å². The summed E-state index contributed by atoms with van der Waals surface area (Å²) in [7, 11) is 0. The van der Waals surface area contributed by atoms with E-state index in [1.54, 1.807) is 0 Å². The molecule has 0 heterocycles. The molecule has 0 aromatic heterocycles. The van der Waals surface area contributed by atoms with E-state index in [1.165, 1.54) is 12.8 Å². The highest BCUT2D eigenvalue weighted by atomic mass is 16.2. The molecule has 0 radical (unpaired) electrons. The van der Waals surface area contributed by atoms with Crippen LogP contribution in [0.5, 0.6) is 0 Å². The van der Waals surface area contributed by atoms with Crippen LogP contribution in [0.4, 0.5) is 0 Å². The number of carbonyl (C=O) groups is 1. The normalized spacial score (nSPS) is 16.0. The Morgan fingerprint density at radius 3 is 2.57 bits per heavy atom. The van der Waals surface area contributed by atoms with Crippen molar-refractivity contribution in [1.29, 1.82) is 0 Å². The molecule has 0 aliphatic heterocycles. The number of amides is 1. The summed E-state index contributed by atoms with van der Waals surface area (Å²) in [5.41, 5.74) is 5.46. The third-order valence-corrected chi connectivity index (χ3v) is 2.49. The molecule has 1 aliphatic rings. The van der Waals surface area contributed by atoms with Gasteiger partial charge in [-0.2, -0.15) is 0 Å². The summed E-state index contributed by atoms with van der Waals surface area (Å²) in [6.45, 7) is 5.71. The van der Waals surface area contributed by atoms with Crippen LogP contribution in [0.2, 0.25) is 0 Å². The first-order valence-electron chi connectivity index (χ1n) is 5.64. The molecule has 2 N–H and O–H groups in total. The monoisotopic (exact) mass is 198 g/mol. The fourth-order valence-corrected chi connectivity index (χ4v) is 1.63. The zero-order valence-electron chi connectivity index (χ0n) is 9.33. The van der Waals surface area contributed by atoms with Crippen LogP contribution in [0.3, 0.4) is 0 Å². The van der Waals surface area contributed by atoms with E-state index in [1.807, 2.05) is 4.90 Å². The maximum atomic E-state index is 11.8. The van der Waals surface area contributed by atoms with Gasteiger partial charge in [-0.15, -0.1) is 0 Å². The molecular formula is C11H22N2O. The van der Waals surface area contributed by atoms with Crippen molar-refractivity contribution in [2.75, 3.05) is 13.1 Å². The van der Waals surface area contributed by atoms with E-state index in [2.05, 4.69) is 13.8 Å². The highest BCUT2D eigenvalue weighted by Gasteiger charge is 2.31. The van der Waals surface area contributed by atoms with Crippen LogP contribution in [-0.2, 0) is 4.79 Å². The molecule has 0 atom stereocenters. The van der Waals surface area contributed by atoms with Gasteiger partial charge in [-0.25, -0.2) is 0 Å². The van der Waals surface area contributed by atoms with Crippen LogP contribution in [-0.4, -0.2) is 29.9 Å². The molecule has 1 aliphatic carbocycles. The summed E-state index contributed by atoms with van der Waals surface area (Å²) >= 11 is 0. The Bertz CT molecular complexity index is 188. The van der Waals surface area contributed by atoms with Crippen molar-refractivity contribution in [3.8, 4) is 0 Å². The summed E-state index contributed by atoms with van der Waals surface area (Å²) in [5.74, 6) is 0.776. The Hall–Kier alpha value is -0.570. The summed E-state index contributed by atoms with van der Waals surface area (Å²) in [4.78, 5) is 13.9. The Labute approximate surface area is 86.6 Å². The average Bonchev–Trinajstić information content (AvgIpc) is 2.87. The van der Waals surface area contributed by atoms with Gasteiger partial charge in [0.25, 0.3) is 0 Å². The van der Waals surface area contributed by atoms with E-state index in [0.29, 0.717) is 30.8 Å². The van der Waals surface area contributed by atoms with Crippen LogP contribution in [0.15, 0.2) is 0 Å². The number of nitrogens with zero attached hydrogens (tertiary/aromatic N) is 1. The molecule has 1 fully saturated rings. The van der Waals surface area contributed by atoms with Crippen molar-refractivity contribution in [2.45, 2.75) is 45.6 Å². The van der Waals surface area contributed by atoms with Crippen molar-refractivity contribution in [1.82, 2.24) is 4.90 Å². The van der Waals surface area contributed by atoms with Crippen molar-refractivity contribution >= 4 is 5.91 Å². The minimum absolute atomic E-state index is 0.316. The van der Waals surface area contributed by atoms with Crippen molar-refractivity contribution in [3.05, 3.63) is 0 Å². The molecule has 0 unspecified atom stereocenters. The topological polar surface area (TPSA) is 46.3 Å². The van der Waals surface area contributed by atoms with E-state index in [0.717, 1.165) is 13.0 Å². The maximum absolute atomic E-state index is 11.8. The van der Waals surface area contributed by atoms with Gasteiger partial charge in [0.15, 0.2) is 0 Å². The summed E-state index contributed by atoms with van der Waals surface area (Å²) in [6.07, 6.45) is 3.99. The Morgan fingerprint density at radius 1 is 1.50 bits per heavy atom. The van der Waals surface area contributed by atoms with Gasteiger partial charge in [-0.3, -0.25) is 4.79 Å². The molecule has 1 saturated carbocycles. The smallest absolute Gasteiger partial charge is 0.223 e. The SMILES string of the molecule is CC(C)CC(=O)N(CCCN)C1CC1. The van der Waals surface area contributed by atoms with E-state index in [-0.39, 0.29) is 0 Å². The van der Waals surface area contributed by atoms with Gasteiger partial charge >= 0.3 is 0 Å². The highest BCUT2D eigenvalue weighted by Crippen LogP contribution is 2.27. The van der Waals surface area contributed by atoms with Gasteiger partial charge in [0.05, 0.1) is 0 Å². The fraction of sp³-hybridized carbons (Fsp3) is 0.909. The average molecular weight is 198 g/mol. The second-order valence-corrected chi connectivity index (χ2v) is 4.56. The maximum Gasteiger partial charge on any atom is 0.223 e. The van der Waals surface area contributed by atoms with Gasteiger partial charge in [0.2, 0.25) is 5.91 Å². The Kier molecular flexibility index (Phi) is 4.39. The molecule has 82 valence electrons. The van der Waals surface area contributed by atoms with Crippen molar-refractivity contribution < 1.29 is 4.79 Å². The zero-order chi connectivity index (χ0) is 10.6. The summed E-state index contributed by atoms with van der Waals surface area (Å²) in [5, 5.41) is 0. The molecule has 3 heteroatoms. The lowest BCUT2D eigenvalue weighted by atomic mass is 10.1.